The third-order valence-electron chi connectivity index (χ3n) is 4.06. The molecule has 1 N–H and O–H groups in total. The molecule has 0 saturated carbocycles. The van der Waals surface area contributed by atoms with Crippen molar-refractivity contribution in [1.29, 1.82) is 0 Å². The number of esters is 2. The first-order chi connectivity index (χ1) is 12.5. The monoisotopic (exact) mass is 490 g/mol. The van der Waals surface area contributed by atoms with E-state index in [0.29, 0.717) is 18.3 Å². The molecule has 1 aromatic carbocycles. The van der Waals surface area contributed by atoms with Gasteiger partial charge in [-0.1, -0.05) is 62.2 Å². The van der Waals surface area contributed by atoms with Crippen LogP contribution < -0.4 is 5.43 Å². The number of amides is 1. The van der Waals surface area contributed by atoms with Gasteiger partial charge in [-0.2, -0.15) is 0 Å². The number of carbonyl (C=O) groups excluding carboxylic acids is 3. The van der Waals surface area contributed by atoms with Gasteiger partial charge < -0.3 is 9.47 Å². The molecule has 9 heteroatoms. The zero-order chi connectivity index (χ0) is 19.2. The van der Waals surface area contributed by atoms with Crippen LogP contribution in [-0.4, -0.2) is 52.2 Å². The van der Waals surface area contributed by atoms with Gasteiger partial charge in [-0.3, -0.25) is 4.79 Å². The first-order valence-corrected chi connectivity index (χ1v) is 10.1. The molecular formula is C17H20Br2N2O5. The molecule has 2 atom stereocenters. The summed E-state index contributed by atoms with van der Waals surface area (Å²) in [6.07, 6.45) is 0.634. The molecule has 1 heterocycles. The van der Waals surface area contributed by atoms with Gasteiger partial charge in [0.15, 0.2) is 0 Å². The number of methoxy groups -OCH3 is 1. The largest absolute Gasteiger partial charge is 0.467 e. The van der Waals surface area contributed by atoms with E-state index in [0.717, 1.165) is 10.6 Å². The zero-order valence-corrected chi connectivity index (χ0v) is 17.4. The van der Waals surface area contributed by atoms with Crippen molar-refractivity contribution in [2.45, 2.75) is 29.8 Å². The summed E-state index contributed by atoms with van der Waals surface area (Å²) in [5.41, 5.74) is 1.78. The number of hydrogen-bond acceptors (Lipinski definition) is 6. The maximum Gasteiger partial charge on any atom is 0.345 e. The fourth-order valence-electron chi connectivity index (χ4n) is 2.74. The number of benzene rings is 1. The van der Waals surface area contributed by atoms with Crippen LogP contribution >= 0.6 is 31.9 Å². The number of alkyl halides is 2. The lowest BCUT2D eigenvalue weighted by atomic mass is 9.90. The molecule has 1 aromatic rings. The molecule has 1 amide bonds. The van der Waals surface area contributed by atoms with Crippen molar-refractivity contribution in [3.8, 4) is 0 Å². The molecule has 1 aliphatic heterocycles. The molecule has 0 spiro atoms. The smallest absolute Gasteiger partial charge is 0.345 e. The van der Waals surface area contributed by atoms with Gasteiger partial charge in [0.2, 0.25) is 0 Å². The minimum absolute atomic E-state index is 0.00334. The number of halogens is 2. The average molecular weight is 492 g/mol. The molecule has 142 valence electrons. The van der Waals surface area contributed by atoms with E-state index in [9.17, 15) is 14.4 Å². The van der Waals surface area contributed by atoms with Crippen molar-refractivity contribution in [2.75, 3.05) is 19.0 Å². The minimum Gasteiger partial charge on any atom is -0.467 e. The summed E-state index contributed by atoms with van der Waals surface area (Å²) < 4.78 is 10.2. The maximum atomic E-state index is 12.9. The molecule has 0 bridgehead atoms. The predicted molar refractivity (Wildman–Crippen MR) is 102 cm³/mol. The molecule has 2 rings (SSSR count). The second kappa shape index (κ2) is 9.48. The second-order valence-corrected chi connectivity index (χ2v) is 7.47. The van der Waals surface area contributed by atoms with Crippen LogP contribution in [0, 0.1) is 0 Å². The third kappa shape index (κ3) is 4.27. The third-order valence-corrected chi connectivity index (χ3v) is 6.30. The molecule has 1 aliphatic rings. The Bertz CT molecular complexity index is 658. The highest BCUT2D eigenvalue weighted by atomic mass is 79.9. The Hall–Kier alpha value is -1.45. The van der Waals surface area contributed by atoms with Gasteiger partial charge in [-0.25, -0.2) is 20.0 Å². The van der Waals surface area contributed by atoms with Crippen LogP contribution in [0.3, 0.4) is 0 Å². The van der Waals surface area contributed by atoms with E-state index in [1.165, 1.54) is 7.11 Å². The summed E-state index contributed by atoms with van der Waals surface area (Å²) in [6.45, 7) is 0.453. The predicted octanol–water partition coefficient (Wildman–Crippen LogP) is 1.93. The van der Waals surface area contributed by atoms with Crippen LogP contribution in [0.15, 0.2) is 30.3 Å². The zero-order valence-electron chi connectivity index (χ0n) is 14.2. The van der Waals surface area contributed by atoms with E-state index >= 15 is 0 Å². The minimum atomic E-state index is -1.85. The Morgan fingerprint density at radius 3 is 2.58 bits per heavy atom. The van der Waals surface area contributed by atoms with Gasteiger partial charge in [-0.15, -0.1) is 0 Å². The van der Waals surface area contributed by atoms with E-state index in [1.54, 1.807) is 12.1 Å². The highest BCUT2D eigenvalue weighted by Gasteiger charge is 2.57. The van der Waals surface area contributed by atoms with E-state index in [4.69, 9.17) is 9.47 Å². The summed E-state index contributed by atoms with van der Waals surface area (Å²) in [6, 6.07) is 9.10. The van der Waals surface area contributed by atoms with Gasteiger partial charge in [0.05, 0.1) is 7.11 Å². The van der Waals surface area contributed by atoms with Gasteiger partial charge in [0, 0.05) is 11.9 Å². The summed E-state index contributed by atoms with van der Waals surface area (Å²) in [7, 11) is 1.18. The molecule has 0 radical (unpaired) electrons. The van der Waals surface area contributed by atoms with Gasteiger partial charge in [-0.05, 0) is 18.4 Å². The van der Waals surface area contributed by atoms with Crippen LogP contribution in [0.4, 0.5) is 0 Å². The molecule has 7 nitrogen and oxygen atoms in total. The van der Waals surface area contributed by atoms with E-state index < -0.39 is 28.2 Å². The maximum absolute atomic E-state index is 12.9. The topological polar surface area (TPSA) is 84.9 Å². The van der Waals surface area contributed by atoms with Crippen molar-refractivity contribution in [3.63, 3.8) is 0 Å². The van der Waals surface area contributed by atoms with E-state index in [1.807, 2.05) is 18.2 Å². The molecule has 0 aliphatic carbocycles. The van der Waals surface area contributed by atoms with Crippen LogP contribution in [0.1, 0.15) is 18.4 Å². The number of hydrazine groups is 1. The Kier molecular flexibility index (Phi) is 7.60. The lowest BCUT2D eigenvalue weighted by molar-refractivity contribution is -0.186. The molecular weight excluding hydrogens is 472 g/mol. The average Bonchev–Trinajstić information content (AvgIpc) is 2.70. The standard InChI is InChI=1S/C17H20Br2N2O5/c1-25-15(23)17(16(24)26-11-12-6-3-2-4-7-12)8-5-9-20-21(17)14(22)13(19)10-18/h2-4,6-7,13,20H,5,8-11H2,1H3. The molecule has 1 saturated heterocycles. The van der Waals surface area contributed by atoms with Crippen LogP contribution in [0.2, 0.25) is 0 Å². The fourth-order valence-corrected chi connectivity index (χ4v) is 3.22. The van der Waals surface area contributed by atoms with Crippen molar-refractivity contribution in [1.82, 2.24) is 10.4 Å². The number of ether oxygens (including phenoxy) is 2. The fraction of sp³-hybridized carbons (Fsp3) is 0.471. The van der Waals surface area contributed by atoms with Crippen LogP contribution in [0.25, 0.3) is 0 Å². The highest BCUT2D eigenvalue weighted by molar-refractivity contribution is 9.12. The normalized spacial score (nSPS) is 21.0. The van der Waals surface area contributed by atoms with Gasteiger partial charge in [0.25, 0.3) is 11.4 Å². The lowest BCUT2D eigenvalue weighted by Crippen LogP contribution is -2.70. The summed E-state index contributed by atoms with van der Waals surface area (Å²) >= 11 is 6.46. The summed E-state index contributed by atoms with van der Waals surface area (Å²) in [4.78, 5) is 37.6. The van der Waals surface area contributed by atoms with Gasteiger partial charge in [0.1, 0.15) is 11.4 Å². The van der Waals surface area contributed by atoms with E-state index in [2.05, 4.69) is 37.3 Å². The quantitative estimate of drug-likeness (QED) is 0.372. The first kappa shape index (κ1) is 20.9. The van der Waals surface area contributed by atoms with Crippen molar-refractivity contribution >= 4 is 49.7 Å². The Morgan fingerprint density at radius 1 is 1.27 bits per heavy atom. The highest BCUT2D eigenvalue weighted by Crippen LogP contribution is 2.29. The van der Waals surface area contributed by atoms with Crippen LogP contribution in [-0.2, 0) is 30.5 Å². The number of nitrogens with zero attached hydrogens (tertiary/aromatic N) is 1. The summed E-state index contributed by atoms with van der Waals surface area (Å²) in [5, 5.41) is 1.37. The van der Waals surface area contributed by atoms with Crippen molar-refractivity contribution in [3.05, 3.63) is 35.9 Å². The second-order valence-electron chi connectivity index (χ2n) is 5.72. The first-order valence-electron chi connectivity index (χ1n) is 8.04. The Labute approximate surface area is 168 Å². The Morgan fingerprint density at radius 2 is 1.96 bits per heavy atom. The number of rotatable bonds is 6. The number of nitrogens with one attached hydrogen (secondary N) is 1. The van der Waals surface area contributed by atoms with Crippen molar-refractivity contribution in [2.24, 2.45) is 0 Å². The van der Waals surface area contributed by atoms with Gasteiger partial charge >= 0.3 is 11.9 Å². The lowest BCUT2D eigenvalue weighted by Gasteiger charge is -2.43. The Balaban J connectivity index is 2.30. The molecule has 0 aromatic heterocycles. The SMILES string of the molecule is COC(=O)C1(C(=O)OCc2ccccc2)CCCNN1C(=O)C(Br)CBr. The summed E-state index contributed by atoms with van der Waals surface area (Å²) in [5.74, 6) is -2.10. The number of hydrogen-bond donors (Lipinski definition) is 1. The number of carbonyl (C=O) groups is 3. The molecule has 26 heavy (non-hydrogen) atoms. The van der Waals surface area contributed by atoms with Crippen molar-refractivity contribution < 1.29 is 23.9 Å². The molecule has 2 unspecified atom stereocenters. The molecule has 1 fully saturated rings. The van der Waals surface area contributed by atoms with Crippen LogP contribution in [0.5, 0.6) is 0 Å². The van der Waals surface area contributed by atoms with E-state index in [-0.39, 0.29) is 13.0 Å².